The molecule has 1 aliphatic rings. The second kappa shape index (κ2) is 4.51. The van der Waals surface area contributed by atoms with Crippen LogP contribution in [0.15, 0.2) is 0 Å². The Morgan fingerprint density at radius 2 is 2.19 bits per heavy atom. The number of hydrogen-bond donors (Lipinski definition) is 3. The summed E-state index contributed by atoms with van der Waals surface area (Å²) in [5, 5.41) is 13.9. The van der Waals surface area contributed by atoms with Crippen LogP contribution in [0.5, 0.6) is 0 Å². The number of rotatable bonds is 4. The molecule has 0 radical (unpaired) electrons. The Balaban J connectivity index is 2.41. The molecule has 0 aromatic rings. The van der Waals surface area contributed by atoms with Crippen LogP contribution in [-0.4, -0.2) is 35.5 Å². The second-order valence-corrected chi connectivity index (χ2v) is 4.57. The fraction of sp³-hybridized carbons (Fsp3) is 0.700. The summed E-state index contributed by atoms with van der Waals surface area (Å²) in [6.07, 6.45) is 0.818. The van der Waals surface area contributed by atoms with Crippen molar-refractivity contribution in [3.05, 3.63) is 0 Å². The Bertz CT molecular complexity index is 325. The van der Waals surface area contributed by atoms with Gasteiger partial charge in [-0.3, -0.25) is 14.4 Å². The van der Waals surface area contributed by atoms with Gasteiger partial charge in [-0.05, 0) is 20.3 Å². The zero-order valence-electron chi connectivity index (χ0n) is 9.37. The minimum absolute atomic E-state index is 0.0491. The van der Waals surface area contributed by atoms with E-state index in [0.29, 0.717) is 12.8 Å². The number of carbonyl (C=O) groups is 3. The molecule has 6 heteroatoms. The van der Waals surface area contributed by atoms with Crippen LogP contribution in [0, 0.1) is 5.41 Å². The highest BCUT2D eigenvalue weighted by Crippen LogP contribution is 2.14. The van der Waals surface area contributed by atoms with Gasteiger partial charge in [0.15, 0.2) is 0 Å². The van der Waals surface area contributed by atoms with Crippen molar-refractivity contribution in [2.24, 2.45) is 5.41 Å². The molecular formula is C10H16N2O4. The summed E-state index contributed by atoms with van der Waals surface area (Å²) >= 11 is 0. The van der Waals surface area contributed by atoms with Crippen molar-refractivity contribution in [2.75, 3.05) is 6.54 Å². The molecule has 0 saturated carbocycles. The third-order valence-electron chi connectivity index (χ3n) is 2.60. The van der Waals surface area contributed by atoms with Crippen molar-refractivity contribution >= 4 is 17.8 Å². The van der Waals surface area contributed by atoms with E-state index in [0.717, 1.165) is 0 Å². The Kier molecular flexibility index (Phi) is 3.51. The number of carbonyl (C=O) groups excluding carboxylic acids is 2. The topological polar surface area (TPSA) is 95.5 Å². The highest BCUT2D eigenvalue weighted by atomic mass is 16.4. The number of carboxylic acids is 1. The molecule has 1 rings (SSSR count). The molecule has 1 saturated heterocycles. The van der Waals surface area contributed by atoms with Crippen molar-refractivity contribution in [2.45, 2.75) is 32.7 Å². The van der Waals surface area contributed by atoms with Crippen LogP contribution in [0.4, 0.5) is 0 Å². The van der Waals surface area contributed by atoms with Crippen molar-refractivity contribution in [1.82, 2.24) is 10.6 Å². The molecule has 90 valence electrons. The molecule has 0 aromatic carbocycles. The maximum absolute atomic E-state index is 11.5. The van der Waals surface area contributed by atoms with Crippen LogP contribution in [-0.2, 0) is 14.4 Å². The number of hydrogen-bond acceptors (Lipinski definition) is 3. The molecule has 0 aromatic heterocycles. The summed E-state index contributed by atoms with van der Waals surface area (Å²) in [5.74, 6) is -1.43. The Morgan fingerprint density at radius 3 is 2.62 bits per heavy atom. The van der Waals surface area contributed by atoms with Gasteiger partial charge in [0.05, 0.1) is 5.41 Å². The van der Waals surface area contributed by atoms with Crippen LogP contribution in [0.1, 0.15) is 26.7 Å². The monoisotopic (exact) mass is 228 g/mol. The lowest BCUT2D eigenvalue weighted by atomic mass is 9.94. The number of amides is 2. The fourth-order valence-corrected chi connectivity index (χ4v) is 1.32. The first kappa shape index (κ1) is 12.5. The molecule has 1 atom stereocenters. The molecule has 6 nitrogen and oxygen atoms in total. The molecule has 1 fully saturated rings. The number of aliphatic carboxylic acids is 1. The fourth-order valence-electron chi connectivity index (χ4n) is 1.32. The van der Waals surface area contributed by atoms with Gasteiger partial charge in [0.1, 0.15) is 6.04 Å². The van der Waals surface area contributed by atoms with E-state index in [2.05, 4.69) is 10.6 Å². The van der Waals surface area contributed by atoms with E-state index in [1.54, 1.807) is 0 Å². The average molecular weight is 228 g/mol. The predicted octanol–water partition coefficient (Wildman–Crippen LogP) is -0.508. The average Bonchev–Trinajstić information content (AvgIpc) is 2.61. The lowest BCUT2D eigenvalue weighted by Crippen LogP contribution is -2.46. The molecule has 1 heterocycles. The van der Waals surface area contributed by atoms with Gasteiger partial charge in [0.2, 0.25) is 11.8 Å². The Morgan fingerprint density at radius 1 is 1.56 bits per heavy atom. The van der Waals surface area contributed by atoms with E-state index in [4.69, 9.17) is 5.11 Å². The maximum atomic E-state index is 11.5. The smallest absolute Gasteiger partial charge is 0.310 e. The van der Waals surface area contributed by atoms with E-state index in [9.17, 15) is 14.4 Å². The first-order valence-corrected chi connectivity index (χ1v) is 5.13. The molecular weight excluding hydrogens is 212 g/mol. The molecule has 0 spiro atoms. The summed E-state index contributed by atoms with van der Waals surface area (Å²) in [4.78, 5) is 33.2. The zero-order chi connectivity index (χ0) is 12.3. The molecule has 2 amide bonds. The molecule has 16 heavy (non-hydrogen) atoms. The number of carboxylic acid groups (broad SMARTS) is 1. The second-order valence-electron chi connectivity index (χ2n) is 4.57. The van der Waals surface area contributed by atoms with Crippen LogP contribution in [0.2, 0.25) is 0 Å². The third kappa shape index (κ3) is 2.95. The Hall–Kier alpha value is -1.59. The molecule has 0 bridgehead atoms. The summed E-state index contributed by atoms with van der Waals surface area (Å²) in [5.41, 5.74) is -1.00. The van der Waals surface area contributed by atoms with Crippen LogP contribution in [0.3, 0.4) is 0 Å². The third-order valence-corrected chi connectivity index (χ3v) is 2.60. The van der Waals surface area contributed by atoms with E-state index in [-0.39, 0.29) is 18.4 Å². The minimum atomic E-state index is -1.00. The van der Waals surface area contributed by atoms with Crippen molar-refractivity contribution in [3.8, 4) is 0 Å². The number of nitrogens with one attached hydrogen (secondary N) is 2. The van der Waals surface area contributed by atoms with Gasteiger partial charge >= 0.3 is 5.97 Å². The van der Waals surface area contributed by atoms with Crippen LogP contribution in [0.25, 0.3) is 0 Å². The normalized spacial score (nSPS) is 20.4. The lowest BCUT2D eigenvalue weighted by Gasteiger charge is -2.20. The quantitative estimate of drug-likeness (QED) is 0.604. The Labute approximate surface area is 93.4 Å². The van der Waals surface area contributed by atoms with Crippen molar-refractivity contribution in [3.63, 3.8) is 0 Å². The van der Waals surface area contributed by atoms with Gasteiger partial charge in [0, 0.05) is 13.0 Å². The predicted molar refractivity (Wildman–Crippen MR) is 55.6 cm³/mol. The van der Waals surface area contributed by atoms with Gasteiger partial charge < -0.3 is 15.7 Å². The molecule has 0 aliphatic carbocycles. The van der Waals surface area contributed by atoms with Crippen molar-refractivity contribution < 1.29 is 19.5 Å². The first-order valence-electron chi connectivity index (χ1n) is 5.13. The van der Waals surface area contributed by atoms with Gasteiger partial charge in [-0.1, -0.05) is 0 Å². The minimum Gasteiger partial charge on any atom is -0.481 e. The summed E-state index contributed by atoms with van der Waals surface area (Å²) in [6.45, 7) is 3.11. The lowest BCUT2D eigenvalue weighted by molar-refractivity contribution is -0.146. The summed E-state index contributed by atoms with van der Waals surface area (Å²) < 4.78 is 0. The molecule has 0 unspecified atom stereocenters. The van der Waals surface area contributed by atoms with E-state index >= 15 is 0 Å². The molecule has 3 N–H and O–H groups in total. The van der Waals surface area contributed by atoms with Crippen molar-refractivity contribution in [1.29, 1.82) is 0 Å². The summed E-state index contributed by atoms with van der Waals surface area (Å²) in [7, 11) is 0. The van der Waals surface area contributed by atoms with E-state index in [1.165, 1.54) is 13.8 Å². The van der Waals surface area contributed by atoms with E-state index in [1.807, 2.05) is 0 Å². The molecule has 1 aliphatic heterocycles. The highest BCUT2D eigenvalue weighted by molar-refractivity contribution is 5.91. The summed E-state index contributed by atoms with van der Waals surface area (Å²) in [6, 6.07) is -0.517. The largest absolute Gasteiger partial charge is 0.481 e. The van der Waals surface area contributed by atoms with Gasteiger partial charge in [-0.25, -0.2) is 0 Å². The zero-order valence-corrected chi connectivity index (χ0v) is 9.37. The van der Waals surface area contributed by atoms with E-state index < -0.39 is 17.4 Å². The SMILES string of the molecule is CC(C)(CNC(=O)[C@@H]1CCC(=O)N1)C(=O)O. The highest BCUT2D eigenvalue weighted by Gasteiger charge is 2.31. The standard InChI is InChI=1S/C10H16N2O4/c1-10(2,9(15)16)5-11-8(14)6-3-4-7(13)12-6/h6H,3-5H2,1-2H3,(H,11,14)(H,12,13)(H,15,16)/t6-/m0/s1. The maximum Gasteiger partial charge on any atom is 0.310 e. The van der Waals surface area contributed by atoms with Gasteiger partial charge in [0.25, 0.3) is 0 Å². The van der Waals surface area contributed by atoms with Crippen LogP contribution < -0.4 is 10.6 Å². The first-order chi connectivity index (χ1) is 7.33. The van der Waals surface area contributed by atoms with Gasteiger partial charge in [-0.2, -0.15) is 0 Å². The van der Waals surface area contributed by atoms with Gasteiger partial charge in [-0.15, -0.1) is 0 Å². The van der Waals surface area contributed by atoms with Crippen LogP contribution >= 0.6 is 0 Å².